The fourth-order valence-corrected chi connectivity index (χ4v) is 2.59. The summed E-state index contributed by atoms with van der Waals surface area (Å²) in [5.74, 6) is 0.595. The Morgan fingerprint density at radius 1 is 1.12 bits per heavy atom. The van der Waals surface area contributed by atoms with E-state index in [9.17, 15) is 9.18 Å². The second-order valence-electron chi connectivity index (χ2n) is 4.97. The highest BCUT2D eigenvalue weighted by atomic mass is 19.1. The number of rotatable bonds is 4. The van der Waals surface area contributed by atoms with Crippen LogP contribution in [0.2, 0.25) is 0 Å². The lowest BCUT2D eigenvalue weighted by atomic mass is 9.85. The molecule has 0 radical (unpaired) electrons. The molecule has 1 saturated carbocycles. The maximum absolute atomic E-state index is 12.7. The Kier molecular flexibility index (Phi) is 4.29. The van der Waals surface area contributed by atoms with Gasteiger partial charge in [0, 0.05) is 12.0 Å². The van der Waals surface area contributed by atoms with Crippen LogP contribution < -0.4 is 0 Å². The predicted octanol–water partition coefficient (Wildman–Crippen LogP) is 4.37. The molecule has 0 N–H and O–H groups in total. The van der Waals surface area contributed by atoms with Gasteiger partial charge >= 0.3 is 0 Å². The van der Waals surface area contributed by atoms with Gasteiger partial charge in [-0.25, -0.2) is 4.39 Å². The number of halogens is 1. The first-order valence-electron chi connectivity index (χ1n) is 6.54. The van der Waals surface area contributed by atoms with E-state index in [0.29, 0.717) is 12.0 Å². The summed E-state index contributed by atoms with van der Waals surface area (Å²) in [6.45, 7) is 0. The molecule has 0 bridgehead atoms. The zero-order chi connectivity index (χ0) is 12.1. The van der Waals surface area contributed by atoms with Crippen molar-refractivity contribution in [2.75, 3.05) is 0 Å². The molecule has 0 saturated heterocycles. The van der Waals surface area contributed by atoms with Crippen LogP contribution in [0.25, 0.3) is 0 Å². The minimum atomic E-state index is -0.283. The molecule has 1 aliphatic rings. The van der Waals surface area contributed by atoms with E-state index in [0.717, 1.165) is 12.3 Å². The molecule has 92 valence electrons. The lowest BCUT2D eigenvalue weighted by Crippen LogP contribution is -2.09. The van der Waals surface area contributed by atoms with E-state index in [-0.39, 0.29) is 11.6 Å². The van der Waals surface area contributed by atoms with E-state index in [4.69, 9.17) is 0 Å². The van der Waals surface area contributed by atoms with Crippen LogP contribution in [0, 0.1) is 11.7 Å². The van der Waals surface area contributed by atoms with Crippen molar-refractivity contribution in [1.29, 1.82) is 0 Å². The van der Waals surface area contributed by atoms with Gasteiger partial charge in [0.2, 0.25) is 0 Å². The molecule has 1 aromatic carbocycles. The van der Waals surface area contributed by atoms with Gasteiger partial charge in [0.1, 0.15) is 5.82 Å². The molecular weight excluding hydrogens is 215 g/mol. The van der Waals surface area contributed by atoms with Gasteiger partial charge in [0.25, 0.3) is 0 Å². The highest BCUT2D eigenvalue weighted by molar-refractivity contribution is 5.95. The lowest BCUT2D eigenvalue weighted by molar-refractivity contribution is 0.0970. The van der Waals surface area contributed by atoms with E-state index in [1.165, 1.54) is 44.2 Å². The average molecular weight is 234 g/mol. The number of benzene rings is 1. The molecule has 0 heterocycles. The average Bonchev–Trinajstić information content (AvgIpc) is 2.38. The van der Waals surface area contributed by atoms with Crippen LogP contribution in [0.1, 0.15) is 55.3 Å². The summed E-state index contributed by atoms with van der Waals surface area (Å²) in [5.41, 5.74) is 0.641. The van der Waals surface area contributed by atoms with Gasteiger partial charge in [-0.2, -0.15) is 0 Å². The van der Waals surface area contributed by atoms with Crippen molar-refractivity contribution < 1.29 is 9.18 Å². The van der Waals surface area contributed by atoms with Crippen LogP contribution in [0.4, 0.5) is 4.39 Å². The summed E-state index contributed by atoms with van der Waals surface area (Å²) < 4.78 is 12.7. The monoisotopic (exact) mass is 234 g/mol. The number of hydrogen-bond donors (Lipinski definition) is 0. The maximum atomic E-state index is 12.7. The van der Waals surface area contributed by atoms with E-state index in [1.807, 2.05) is 0 Å². The Morgan fingerprint density at radius 2 is 1.76 bits per heavy atom. The third-order valence-corrected chi connectivity index (χ3v) is 3.67. The van der Waals surface area contributed by atoms with Crippen LogP contribution in [0.3, 0.4) is 0 Å². The van der Waals surface area contributed by atoms with Crippen LogP contribution >= 0.6 is 0 Å². The maximum Gasteiger partial charge on any atom is 0.162 e. The molecule has 0 unspecified atom stereocenters. The van der Waals surface area contributed by atoms with Crippen molar-refractivity contribution in [3.63, 3.8) is 0 Å². The molecule has 0 aromatic heterocycles. The summed E-state index contributed by atoms with van der Waals surface area (Å²) in [6.07, 6.45) is 8.13. The van der Waals surface area contributed by atoms with E-state index in [2.05, 4.69) is 0 Å². The van der Waals surface area contributed by atoms with Gasteiger partial charge in [0.05, 0.1) is 0 Å². The van der Waals surface area contributed by atoms with Crippen LogP contribution in [-0.2, 0) is 0 Å². The molecule has 0 spiro atoms. The molecule has 1 aromatic rings. The molecule has 0 aliphatic heterocycles. The Morgan fingerprint density at radius 3 is 2.41 bits per heavy atom. The standard InChI is InChI=1S/C15H19FO/c16-14-9-7-13(8-10-14)15(17)11-6-12-4-2-1-3-5-12/h7-10,12H,1-6,11H2. The minimum Gasteiger partial charge on any atom is -0.294 e. The summed E-state index contributed by atoms with van der Waals surface area (Å²) in [4.78, 5) is 11.9. The largest absolute Gasteiger partial charge is 0.294 e. The highest BCUT2D eigenvalue weighted by Crippen LogP contribution is 2.27. The summed E-state index contributed by atoms with van der Waals surface area (Å²) in [5, 5.41) is 0. The Hall–Kier alpha value is -1.18. The minimum absolute atomic E-state index is 0.149. The van der Waals surface area contributed by atoms with Crippen LogP contribution in [0.5, 0.6) is 0 Å². The smallest absolute Gasteiger partial charge is 0.162 e. The molecule has 1 fully saturated rings. The summed E-state index contributed by atoms with van der Waals surface area (Å²) >= 11 is 0. The van der Waals surface area contributed by atoms with Gasteiger partial charge in [-0.15, -0.1) is 0 Å². The zero-order valence-corrected chi connectivity index (χ0v) is 10.1. The fourth-order valence-electron chi connectivity index (χ4n) is 2.59. The first-order chi connectivity index (χ1) is 8.25. The van der Waals surface area contributed by atoms with Crippen molar-refractivity contribution in [1.82, 2.24) is 0 Å². The molecule has 0 atom stereocenters. The van der Waals surface area contributed by atoms with Gasteiger partial charge in [-0.05, 0) is 36.6 Å². The third-order valence-electron chi connectivity index (χ3n) is 3.67. The molecule has 1 aliphatic carbocycles. The van der Waals surface area contributed by atoms with Crippen molar-refractivity contribution in [3.8, 4) is 0 Å². The second-order valence-corrected chi connectivity index (χ2v) is 4.97. The van der Waals surface area contributed by atoms with Crippen molar-refractivity contribution in [3.05, 3.63) is 35.6 Å². The molecule has 0 amide bonds. The molecule has 17 heavy (non-hydrogen) atoms. The number of carbonyl (C=O) groups is 1. The number of ketones is 1. The van der Waals surface area contributed by atoms with Crippen molar-refractivity contribution >= 4 is 5.78 Å². The number of carbonyl (C=O) groups excluding carboxylic acids is 1. The summed E-state index contributed by atoms with van der Waals surface area (Å²) in [6, 6.07) is 5.87. The van der Waals surface area contributed by atoms with Gasteiger partial charge in [-0.3, -0.25) is 4.79 Å². The second kappa shape index (κ2) is 5.95. The molecule has 2 rings (SSSR count). The Labute approximate surface area is 102 Å². The first kappa shape index (κ1) is 12.3. The quantitative estimate of drug-likeness (QED) is 0.707. The summed E-state index contributed by atoms with van der Waals surface area (Å²) in [7, 11) is 0. The van der Waals surface area contributed by atoms with E-state index in [1.54, 1.807) is 12.1 Å². The number of Topliss-reactive ketones (excluding diaryl/α,β-unsaturated/α-hetero) is 1. The highest BCUT2D eigenvalue weighted by Gasteiger charge is 2.15. The van der Waals surface area contributed by atoms with Gasteiger partial charge in [0.15, 0.2) is 5.78 Å². The molecule has 2 heteroatoms. The van der Waals surface area contributed by atoms with Crippen molar-refractivity contribution in [2.24, 2.45) is 5.92 Å². The Bertz CT molecular complexity index is 363. The lowest BCUT2D eigenvalue weighted by Gasteiger charge is -2.20. The molecule has 1 nitrogen and oxygen atoms in total. The SMILES string of the molecule is O=C(CCC1CCCCC1)c1ccc(F)cc1. The third kappa shape index (κ3) is 3.65. The van der Waals surface area contributed by atoms with Crippen molar-refractivity contribution in [2.45, 2.75) is 44.9 Å². The van der Waals surface area contributed by atoms with E-state index >= 15 is 0 Å². The van der Waals surface area contributed by atoms with Crippen LogP contribution in [-0.4, -0.2) is 5.78 Å². The van der Waals surface area contributed by atoms with Crippen LogP contribution in [0.15, 0.2) is 24.3 Å². The zero-order valence-electron chi connectivity index (χ0n) is 10.1. The normalized spacial score (nSPS) is 17.0. The predicted molar refractivity (Wildman–Crippen MR) is 66.5 cm³/mol. The Balaban J connectivity index is 1.82. The number of hydrogen-bond acceptors (Lipinski definition) is 1. The molecular formula is C15H19FO. The first-order valence-corrected chi connectivity index (χ1v) is 6.54. The topological polar surface area (TPSA) is 17.1 Å². The van der Waals surface area contributed by atoms with Gasteiger partial charge < -0.3 is 0 Å². The fraction of sp³-hybridized carbons (Fsp3) is 0.533. The van der Waals surface area contributed by atoms with E-state index < -0.39 is 0 Å². The van der Waals surface area contributed by atoms with Gasteiger partial charge in [-0.1, -0.05) is 32.1 Å².